The van der Waals surface area contributed by atoms with Crippen LogP contribution in [0, 0.1) is 6.92 Å². The fourth-order valence-corrected chi connectivity index (χ4v) is 1.16. The average molecular weight is 223 g/mol. The molecule has 16 heavy (non-hydrogen) atoms. The van der Waals surface area contributed by atoms with Crippen molar-refractivity contribution in [3.8, 4) is 0 Å². The Kier molecular flexibility index (Phi) is 3.65. The second-order valence-electron chi connectivity index (χ2n) is 3.62. The van der Waals surface area contributed by atoms with E-state index < -0.39 is 11.9 Å². The van der Waals surface area contributed by atoms with Crippen molar-refractivity contribution < 1.29 is 4.79 Å². The number of carbonyl (C=O) groups is 1. The number of amides is 1. The van der Waals surface area contributed by atoms with Crippen LogP contribution in [0.2, 0.25) is 0 Å². The molecule has 0 spiro atoms. The van der Waals surface area contributed by atoms with Crippen molar-refractivity contribution in [2.45, 2.75) is 33.2 Å². The molecule has 0 saturated heterocycles. The molecule has 0 aliphatic heterocycles. The van der Waals surface area contributed by atoms with Crippen LogP contribution in [-0.2, 0) is 11.2 Å². The quantitative estimate of drug-likeness (QED) is 0.676. The zero-order chi connectivity index (χ0) is 12.3. The van der Waals surface area contributed by atoms with Gasteiger partial charge in [0.15, 0.2) is 0 Å². The molecule has 1 aromatic heterocycles. The van der Waals surface area contributed by atoms with Crippen LogP contribution in [0.5, 0.6) is 0 Å². The van der Waals surface area contributed by atoms with Gasteiger partial charge in [-0.2, -0.15) is 0 Å². The van der Waals surface area contributed by atoms with Gasteiger partial charge in [0.1, 0.15) is 23.5 Å². The van der Waals surface area contributed by atoms with Crippen LogP contribution in [0.4, 0.5) is 11.6 Å². The predicted molar refractivity (Wildman–Crippen MR) is 62.8 cm³/mol. The maximum atomic E-state index is 10.9. The van der Waals surface area contributed by atoms with Crippen LogP contribution in [-0.4, -0.2) is 21.9 Å². The fraction of sp³-hybridized carbons (Fsp3) is 0.500. The average Bonchev–Trinajstić information content (AvgIpc) is 2.24. The molecule has 88 valence electrons. The predicted octanol–water partition coefficient (Wildman–Crippen LogP) is 0.215. The first-order valence-corrected chi connectivity index (χ1v) is 5.14. The molecule has 1 amide bonds. The largest absolute Gasteiger partial charge is 0.383 e. The van der Waals surface area contributed by atoms with Gasteiger partial charge in [0, 0.05) is 12.0 Å². The van der Waals surface area contributed by atoms with Crippen LogP contribution in [0.25, 0.3) is 0 Å². The first-order chi connectivity index (χ1) is 7.45. The number of rotatable bonds is 4. The van der Waals surface area contributed by atoms with Gasteiger partial charge in [-0.1, -0.05) is 6.92 Å². The molecule has 5 N–H and O–H groups in total. The number of nitrogen functional groups attached to an aromatic ring is 1. The summed E-state index contributed by atoms with van der Waals surface area (Å²) in [6.07, 6.45) is 0.685. The van der Waals surface area contributed by atoms with Crippen molar-refractivity contribution >= 4 is 17.5 Å². The van der Waals surface area contributed by atoms with E-state index in [1.165, 1.54) is 0 Å². The second-order valence-corrected chi connectivity index (χ2v) is 3.62. The minimum Gasteiger partial charge on any atom is -0.383 e. The third-order valence-electron chi connectivity index (χ3n) is 2.33. The zero-order valence-corrected chi connectivity index (χ0v) is 9.74. The maximum Gasteiger partial charge on any atom is 0.239 e. The topological polar surface area (TPSA) is 107 Å². The number of hydrogen-bond donors (Lipinski definition) is 3. The highest BCUT2D eigenvalue weighted by atomic mass is 16.1. The van der Waals surface area contributed by atoms with E-state index in [0.717, 1.165) is 5.56 Å². The maximum absolute atomic E-state index is 10.9. The van der Waals surface area contributed by atoms with Gasteiger partial charge in [0.25, 0.3) is 0 Å². The molecule has 0 aromatic carbocycles. The molecule has 1 rings (SSSR count). The second kappa shape index (κ2) is 4.78. The highest BCUT2D eigenvalue weighted by molar-refractivity contribution is 5.82. The Labute approximate surface area is 94.5 Å². The van der Waals surface area contributed by atoms with Crippen molar-refractivity contribution in [2.75, 3.05) is 11.1 Å². The lowest BCUT2D eigenvalue weighted by Gasteiger charge is -2.14. The number of hydrogen-bond acceptors (Lipinski definition) is 5. The summed E-state index contributed by atoms with van der Waals surface area (Å²) in [5, 5.41) is 2.92. The van der Waals surface area contributed by atoms with Gasteiger partial charge in [0.2, 0.25) is 5.91 Å². The first-order valence-electron chi connectivity index (χ1n) is 5.14. The van der Waals surface area contributed by atoms with E-state index >= 15 is 0 Å². The normalized spacial score (nSPS) is 12.2. The molecule has 1 aromatic rings. The zero-order valence-electron chi connectivity index (χ0n) is 9.74. The summed E-state index contributed by atoms with van der Waals surface area (Å²) in [7, 11) is 0. The van der Waals surface area contributed by atoms with Crippen molar-refractivity contribution in [3.63, 3.8) is 0 Å². The number of nitrogens with one attached hydrogen (secondary N) is 1. The lowest BCUT2D eigenvalue weighted by molar-refractivity contribution is -0.118. The molecule has 6 heteroatoms. The third-order valence-corrected chi connectivity index (χ3v) is 2.33. The van der Waals surface area contributed by atoms with Crippen molar-refractivity contribution in [3.05, 3.63) is 11.4 Å². The molecule has 0 aliphatic rings. The Morgan fingerprint density at radius 1 is 1.50 bits per heavy atom. The van der Waals surface area contributed by atoms with Gasteiger partial charge >= 0.3 is 0 Å². The summed E-state index contributed by atoms with van der Waals surface area (Å²) in [6, 6.07) is -0.488. The molecule has 1 unspecified atom stereocenters. The van der Waals surface area contributed by atoms with Gasteiger partial charge in [-0.25, -0.2) is 9.97 Å². The van der Waals surface area contributed by atoms with Gasteiger partial charge < -0.3 is 16.8 Å². The standard InChI is InChI=1S/C10H17N5O/c1-4-7-14-8(11)5(2)10(15-7)13-6(3)9(12)16/h6H,4H2,1-3H3,(H2,12,16)(H3,11,13,14,15). The number of nitrogens with zero attached hydrogens (tertiary/aromatic N) is 2. The van der Waals surface area contributed by atoms with Gasteiger partial charge in [0.05, 0.1) is 0 Å². The minimum atomic E-state index is -0.488. The Morgan fingerprint density at radius 2 is 2.12 bits per heavy atom. The number of primary amides is 1. The molecule has 0 bridgehead atoms. The van der Waals surface area contributed by atoms with Crippen molar-refractivity contribution in [1.82, 2.24) is 9.97 Å². The monoisotopic (exact) mass is 223 g/mol. The number of aryl methyl sites for hydroxylation is 1. The molecule has 6 nitrogen and oxygen atoms in total. The van der Waals surface area contributed by atoms with Crippen LogP contribution in [0.1, 0.15) is 25.2 Å². The van der Waals surface area contributed by atoms with Crippen molar-refractivity contribution in [1.29, 1.82) is 0 Å². The number of anilines is 2. The number of aromatic nitrogens is 2. The summed E-state index contributed by atoms with van der Waals surface area (Å²) in [5.74, 6) is 1.19. The fourth-order valence-electron chi connectivity index (χ4n) is 1.16. The van der Waals surface area contributed by atoms with Gasteiger partial charge in [-0.3, -0.25) is 4.79 Å². The highest BCUT2D eigenvalue weighted by Crippen LogP contribution is 2.18. The molecule has 0 fully saturated rings. The van der Waals surface area contributed by atoms with E-state index in [0.29, 0.717) is 23.9 Å². The Hall–Kier alpha value is -1.85. The lowest BCUT2D eigenvalue weighted by Crippen LogP contribution is -2.33. The van der Waals surface area contributed by atoms with E-state index in [2.05, 4.69) is 15.3 Å². The summed E-state index contributed by atoms with van der Waals surface area (Å²) in [5.41, 5.74) is 11.6. The Bertz CT molecular complexity index is 404. The first kappa shape index (κ1) is 12.2. The van der Waals surface area contributed by atoms with E-state index in [4.69, 9.17) is 11.5 Å². The van der Waals surface area contributed by atoms with E-state index in [1.807, 2.05) is 6.92 Å². The van der Waals surface area contributed by atoms with E-state index in [9.17, 15) is 4.79 Å². The summed E-state index contributed by atoms with van der Waals surface area (Å²) in [6.45, 7) is 5.40. The molecule has 1 heterocycles. The van der Waals surface area contributed by atoms with Gasteiger partial charge in [-0.15, -0.1) is 0 Å². The molecule has 0 aliphatic carbocycles. The third kappa shape index (κ3) is 2.59. The molecular weight excluding hydrogens is 206 g/mol. The molecule has 1 atom stereocenters. The highest BCUT2D eigenvalue weighted by Gasteiger charge is 2.13. The van der Waals surface area contributed by atoms with Crippen LogP contribution in [0.3, 0.4) is 0 Å². The number of nitrogens with two attached hydrogens (primary N) is 2. The number of carbonyl (C=O) groups excluding carboxylic acids is 1. The Morgan fingerprint density at radius 3 is 2.62 bits per heavy atom. The van der Waals surface area contributed by atoms with Crippen molar-refractivity contribution in [2.24, 2.45) is 5.73 Å². The summed E-state index contributed by atoms with van der Waals surface area (Å²) >= 11 is 0. The Balaban J connectivity index is 3.03. The molecule has 0 radical (unpaired) electrons. The SMILES string of the molecule is CCc1nc(N)c(C)c(NC(C)C(N)=O)n1. The van der Waals surface area contributed by atoms with Gasteiger partial charge in [-0.05, 0) is 13.8 Å². The van der Waals surface area contributed by atoms with Crippen LogP contribution >= 0.6 is 0 Å². The summed E-state index contributed by atoms with van der Waals surface area (Å²) in [4.78, 5) is 19.3. The minimum absolute atomic E-state index is 0.422. The van der Waals surface area contributed by atoms with E-state index in [1.54, 1.807) is 13.8 Å². The van der Waals surface area contributed by atoms with Crippen LogP contribution in [0.15, 0.2) is 0 Å². The lowest BCUT2D eigenvalue weighted by atomic mass is 10.2. The van der Waals surface area contributed by atoms with E-state index in [-0.39, 0.29) is 0 Å². The summed E-state index contributed by atoms with van der Waals surface area (Å²) < 4.78 is 0. The van der Waals surface area contributed by atoms with Crippen LogP contribution < -0.4 is 16.8 Å². The molecule has 0 saturated carbocycles. The smallest absolute Gasteiger partial charge is 0.239 e. The molecular formula is C10H17N5O.